The zero-order valence-electron chi connectivity index (χ0n) is 11.5. The van der Waals surface area contributed by atoms with Crippen molar-refractivity contribution in [2.75, 3.05) is 18.9 Å². The Labute approximate surface area is 119 Å². The SMILES string of the molecule is Cc1ccc(NC(=O)N(C)CCC(F)(F)F)cc1C(=O)O. The van der Waals surface area contributed by atoms with Gasteiger partial charge in [-0.15, -0.1) is 0 Å². The van der Waals surface area contributed by atoms with Crippen LogP contribution in [0.2, 0.25) is 0 Å². The van der Waals surface area contributed by atoms with Crippen LogP contribution in [0, 0.1) is 6.92 Å². The van der Waals surface area contributed by atoms with Crippen LogP contribution in [0.4, 0.5) is 23.7 Å². The normalized spacial score (nSPS) is 11.1. The van der Waals surface area contributed by atoms with E-state index in [4.69, 9.17) is 5.11 Å². The molecule has 0 aliphatic carbocycles. The summed E-state index contributed by atoms with van der Waals surface area (Å²) in [4.78, 5) is 23.5. The molecule has 0 unspecified atom stereocenters. The van der Waals surface area contributed by atoms with E-state index < -0.39 is 31.1 Å². The number of hydrogen-bond acceptors (Lipinski definition) is 2. The molecule has 5 nitrogen and oxygen atoms in total. The molecule has 2 amide bonds. The second-order valence-corrected chi connectivity index (χ2v) is 4.55. The van der Waals surface area contributed by atoms with E-state index >= 15 is 0 Å². The van der Waals surface area contributed by atoms with E-state index in [1.807, 2.05) is 0 Å². The smallest absolute Gasteiger partial charge is 0.390 e. The zero-order chi connectivity index (χ0) is 16.2. The number of aromatic carboxylic acids is 1. The number of halogens is 3. The Kier molecular flexibility index (Phi) is 5.17. The van der Waals surface area contributed by atoms with Crippen LogP contribution in [-0.2, 0) is 0 Å². The first-order valence-electron chi connectivity index (χ1n) is 6.03. The first-order chi connectivity index (χ1) is 9.60. The molecule has 21 heavy (non-hydrogen) atoms. The van der Waals surface area contributed by atoms with Crippen molar-refractivity contribution in [3.8, 4) is 0 Å². The minimum atomic E-state index is -4.34. The molecular weight excluding hydrogens is 289 g/mol. The van der Waals surface area contributed by atoms with Crippen molar-refractivity contribution in [1.29, 1.82) is 0 Å². The number of hydrogen-bond donors (Lipinski definition) is 2. The van der Waals surface area contributed by atoms with E-state index in [2.05, 4.69) is 5.32 Å². The summed E-state index contributed by atoms with van der Waals surface area (Å²) in [6.45, 7) is 1.12. The summed E-state index contributed by atoms with van der Waals surface area (Å²) < 4.78 is 36.2. The van der Waals surface area contributed by atoms with Gasteiger partial charge in [-0.2, -0.15) is 13.2 Å². The van der Waals surface area contributed by atoms with Gasteiger partial charge in [0.15, 0.2) is 0 Å². The van der Waals surface area contributed by atoms with Crippen LogP contribution >= 0.6 is 0 Å². The van der Waals surface area contributed by atoms with E-state index in [0.717, 1.165) is 4.90 Å². The van der Waals surface area contributed by atoms with Crippen LogP contribution < -0.4 is 5.32 Å². The topological polar surface area (TPSA) is 69.6 Å². The van der Waals surface area contributed by atoms with Crippen LogP contribution in [0.25, 0.3) is 0 Å². The maximum Gasteiger partial charge on any atom is 0.390 e. The maximum atomic E-state index is 12.1. The first-order valence-corrected chi connectivity index (χ1v) is 6.03. The molecule has 0 aliphatic rings. The largest absolute Gasteiger partial charge is 0.478 e. The van der Waals surface area contributed by atoms with Gasteiger partial charge in [0.05, 0.1) is 12.0 Å². The van der Waals surface area contributed by atoms with Crippen LogP contribution in [0.15, 0.2) is 18.2 Å². The standard InChI is InChI=1S/C13H15F3N2O3/c1-8-3-4-9(7-10(8)11(19)20)17-12(21)18(2)6-5-13(14,15)16/h3-4,7H,5-6H2,1-2H3,(H,17,21)(H,19,20). The summed E-state index contributed by atoms with van der Waals surface area (Å²) in [5, 5.41) is 11.3. The lowest BCUT2D eigenvalue weighted by molar-refractivity contribution is -0.135. The number of carboxylic acid groups (broad SMARTS) is 1. The van der Waals surface area contributed by atoms with Crippen molar-refractivity contribution < 1.29 is 27.9 Å². The van der Waals surface area contributed by atoms with Gasteiger partial charge >= 0.3 is 18.2 Å². The number of anilines is 1. The number of amides is 2. The highest BCUT2D eigenvalue weighted by Gasteiger charge is 2.28. The minimum absolute atomic E-state index is 0.0192. The highest BCUT2D eigenvalue weighted by molar-refractivity contribution is 5.94. The van der Waals surface area contributed by atoms with E-state index in [-0.39, 0.29) is 11.3 Å². The number of benzene rings is 1. The third-order valence-corrected chi connectivity index (χ3v) is 2.80. The predicted molar refractivity (Wildman–Crippen MR) is 70.5 cm³/mol. The lowest BCUT2D eigenvalue weighted by Gasteiger charge is -2.19. The molecule has 1 rings (SSSR count). The number of nitrogens with one attached hydrogen (secondary N) is 1. The van der Waals surface area contributed by atoms with Gasteiger partial charge in [0, 0.05) is 19.3 Å². The summed E-state index contributed by atoms with van der Waals surface area (Å²) in [5.74, 6) is -1.14. The number of carbonyl (C=O) groups excluding carboxylic acids is 1. The van der Waals surface area contributed by atoms with Crippen LogP contribution in [-0.4, -0.2) is 41.8 Å². The van der Waals surface area contributed by atoms with Gasteiger partial charge in [0.1, 0.15) is 0 Å². The summed E-state index contributed by atoms with van der Waals surface area (Å²) in [6, 6.07) is 3.51. The fraction of sp³-hybridized carbons (Fsp3) is 0.385. The Morgan fingerprint density at radius 1 is 1.33 bits per heavy atom. The molecule has 0 atom stereocenters. The molecule has 0 saturated heterocycles. The average molecular weight is 304 g/mol. The second kappa shape index (κ2) is 6.47. The molecule has 0 bridgehead atoms. The van der Waals surface area contributed by atoms with Crippen molar-refractivity contribution in [2.24, 2.45) is 0 Å². The lowest BCUT2D eigenvalue weighted by Crippen LogP contribution is -2.34. The molecule has 0 spiro atoms. The number of carbonyl (C=O) groups is 2. The summed E-state index contributed by atoms with van der Waals surface area (Å²) in [6.07, 6.45) is -5.44. The number of nitrogens with zero attached hydrogens (tertiary/aromatic N) is 1. The average Bonchev–Trinajstić information content (AvgIpc) is 2.36. The molecular formula is C13H15F3N2O3. The van der Waals surface area contributed by atoms with Crippen molar-refractivity contribution in [1.82, 2.24) is 4.90 Å². The lowest BCUT2D eigenvalue weighted by atomic mass is 10.1. The second-order valence-electron chi connectivity index (χ2n) is 4.55. The molecule has 116 valence electrons. The molecule has 0 radical (unpaired) electrons. The zero-order valence-corrected chi connectivity index (χ0v) is 11.5. The van der Waals surface area contributed by atoms with Crippen LogP contribution in [0.5, 0.6) is 0 Å². The summed E-state index contributed by atoms with van der Waals surface area (Å²) in [5.41, 5.74) is 0.749. The fourth-order valence-corrected chi connectivity index (χ4v) is 1.55. The van der Waals surface area contributed by atoms with Crippen LogP contribution in [0.3, 0.4) is 0 Å². The van der Waals surface area contributed by atoms with E-state index in [9.17, 15) is 22.8 Å². The van der Waals surface area contributed by atoms with Crippen molar-refractivity contribution >= 4 is 17.7 Å². The molecule has 1 aromatic rings. The third kappa shape index (κ3) is 5.33. The quantitative estimate of drug-likeness (QED) is 0.898. The van der Waals surface area contributed by atoms with E-state index in [0.29, 0.717) is 5.56 Å². The van der Waals surface area contributed by atoms with Crippen LogP contribution in [0.1, 0.15) is 22.3 Å². The maximum absolute atomic E-state index is 12.1. The molecule has 0 aliphatic heterocycles. The minimum Gasteiger partial charge on any atom is -0.478 e. The van der Waals surface area contributed by atoms with Gasteiger partial charge in [0.2, 0.25) is 0 Å². The molecule has 0 heterocycles. The number of urea groups is 1. The summed E-state index contributed by atoms with van der Waals surface area (Å²) >= 11 is 0. The Balaban J connectivity index is 2.70. The van der Waals surface area contributed by atoms with Gasteiger partial charge in [-0.1, -0.05) is 6.07 Å². The van der Waals surface area contributed by atoms with Gasteiger partial charge in [-0.05, 0) is 24.6 Å². The Morgan fingerprint density at radius 3 is 2.48 bits per heavy atom. The monoisotopic (exact) mass is 304 g/mol. The van der Waals surface area contributed by atoms with Crippen molar-refractivity contribution in [3.05, 3.63) is 29.3 Å². The molecule has 8 heteroatoms. The Morgan fingerprint density at radius 2 is 1.95 bits per heavy atom. The van der Waals surface area contributed by atoms with Crippen molar-refractivity contribution in [2.45, 2.75) is 19.5 Å². The van der Waals surface area contributed by atoms with Gasteiger partial charge in [-0.25, -0.2) is 9.59 Å². The summed E-state index contributed by atoms with van der Waals surface area (Å²) in [7, 11) is 1.23. The van der Waals surface area contributed by atoms with Gasteiger partial charge < -0.3 is 15.3 Å². The number of aryl methyl sites for hydroxylation is 1. The van der Waals surface area contributed by atoms with Gasteiger partial charge in [-0.3, -0.25) is 0 Å². The molecule has 2 N–H and O–H groups in total. The number of carboxylic acids is 1. The number of rotatable bonds is 4. The molecule has 0 saturated carbocycles. The van der Waals surface area contributed by atoms with E-state index in [1.54, 1.807) is 6.92 Å². The van der Waals surface area contributed by atoms with Crippen molar-refractivity contribution in [3.63, 3.8) is 0 Å². The number of alkyl halides is 3. The molecule has 0 fully saturated rings. The Hall–Kier alpha value is -2.25. The fourth-order valence-electron chi connectivity index (χ4n) is 1.55. The van der Waals surface area contributed by atoms with Gasteiger partial charge in [0.25, 0.3) is 0 Å². The molecule has 1 aromatic carbocycles. The van der Waals surface area contributed by atoms with E-state index in [1.165, 1.54) is 25.2 Å². The predicted octanol–water partition coefficient (Wildman–Crippen LogP) is 3.11. The highest BCUT2D eigenvalue weighted by Crippen LogP contribution is 2.20. The molecule has 0 aromatic heterocycles. The third-order valence-electron chi connectivity index (χ3n) is 2.80. The Bertz CT molecular complexity index is 544. The first kappa shape index (κ1) is 16.8. The highest BCUT2D eigenvalue weighted by atomic mass is 19.4.